The molecule has 1 amide bonds. The minimum atomic E-state index is -3.80. The number of benzene rings is 3. The van der Waals surface area contributed by atoms with Crippen LogP contribution in [-0.2, 0) is 20.4 Å². The topological polar surface area (TPSA) is 113 Å². The van der Waals surface area contributed by atoms with E-state index >= 15 is 0 Å². The van der Waals surface area contributed by atoms with E-state index in [0.29, 0.717) is 0 Å². The van der Waals surface area contributed by atoms with Crippen LogP contribution < -0.4 is 10.0 Å². The number of fused-ring (bicyclic) bond motifs is 1. The van der Waals surface area contributed by atoms with Gasteiger partial charge in [0.1, 0.15) is 5.82 Å². The zero-order valence-corrected chi connectivity index (χ0v) is 17.7. The van der Waals surface area contributed by atoms with Crippen molar-refractivity contribution in [3.05, 3.63) is 89.2 Å². The number of aliphatic hydroxyl groups is 1. The van der Waals surface area contributed by atoms with E-state index in [4.69, 9.17) is 0 Å². The first kappa shape index (κ1) is 21.7. The minimum absolute atomic E-state index is 0.00155. The summed E-state index contributed by atoms with van der Waals surface area (Å²) in [4.78, 5) is 25.1. The van der Waals surface area contributed by atoms with Crippen LogP contribution >= 0.6 is 0 Å². The van der Waals surface area contributed by atoms with Crippen LogP contribution in [0.15, 0.2) is 71.6 Å². The van der Waals surface area contributed by atoms with E-state index in [0.717, 1.165) is 17.7 Å². The second kappa shape index (κ2) is 7.85. The Balaban J connectivity index is 1.51. The highest BCUT2D eigenvalue weighted by atomic mass is 32.2. The Morgan fingerprint density at radius 1 is 1.06 bits per heavy atom. The lowest BCUT2D eigenvalue weighted by atomic mass is 9.88. The number of aryl methyl sites for hydroxylation is 1. The van der Waals surface area contributed by atoms with Crippen molar-refractivity contribution in [2.75, 3.05) is 10.0 Å². The molecule has 0 saturated heterocycles. The van der Waals surface area contributed by atoms with Crippen molar-refractivity contribution in [2.45, 2.75) is 23.8 Å². The Kier molecular flexibility index (Phi) is 5.31. The average Bonchev–Trinajstić information content (AvgIpc) is 2.98. The summed E-state index contributed by atoms with van der Waals surface area (Å²) in [6, 6.07) is 15.4. The Morgan fingerprint density at radius 3 is 2.38 bits per heavy atom. The van der Waals surface area contributed by atoms with Gasteiger partial charge in [0.2, 0.25) is 0 Å². The third-order valence-electron chi connectivity index (χ3n) is 5.26. The summed E-state index contributed by atoms with van der Waals surface area (Å²) >= 11 is 0. The molecule has 0 radical (unpaired) electrons. The number of carbonyl (C=O) groups excluding carboxylic acids is 2. The fourth-order valence-electron chi connectivity index (χ4n) is 3.48. The van der Waals surface area contributed by atoms with Crippen LogP contribution in [0.1, 0.15) is 27.9 Å². The molecule has 1 heterocycles. The van der Waals surface area contributed by atoms with E-state index < -0.39 is 39.6 Å². The summed E-state index contributed by atoms with van der Waals surface area (Å²) < 4.78 is 41.1. The van der Waals surface area contributed by atoms with Gasteiger partial charge in [-0.3, -0.25) is 14.3 Å². The van der Waals surface area contributed by atoms with Crippen molar-refractivity contribution in [2.24, 2.45) is 0 Å². The van der Waals surface area contributed by atoms with Gasteiger partial charge in [-0.25, -0.2) is 12.8 Å². The number of carbonyl (C=O) groups is 2. The molecular weight excluding hydrogens is 435 g/mol. The molecule has 3 N–H and O–H groups in total. The van der Waals surface area contributed by atoms with E-state index in [1.807, 2.05) is 6.92 Å². The maximum Gasteiger partial charge on any atom is 0.261 e. The molecule has 0 fully saturated rings. The van der Waals surface area contributed by atoms with Gasteiger partial charge in [-0.1, -0.05) is 17.7 Å². The predicted octanol–water partition coefficient (Wildman–Crippen LogP) is 3.35. The minimum Gasteiger partial charge on any atom is -0.375 e. The zero-order chi connectivity index (χ0) is 23.1. The van der Waals surface area contributed by atoms with Crippen molar-refractivity contribution in [3.63, 3.8) is 0 Å². The van der Waals surface area contributed by atoms with Crippen LogP contribution in [0.25, 0.3) is 0 Å². The Morgan fingerprint density at radius 2 is 1.72 bits per heavy atom. The quantitative estimate of drug-likeness (QED) is 0.495. The number of anilines is 2. The van der Waals surface area contributed by atoms with E-state index in [9.17, 15) is 27.5 Å². The standard InChI is InChI=1S/C23H19FN2O5S/c1-14-2-9-18(10-3-14)32(30,31)26-17-7-4-15(5-8-17)21(27)13-23(29)19-12-16(24)6-11-20(19)25-22(23)28/h2-12,26,29H,13H2,1H3,(H,25,28). The fourth-order valence-corrected chi connectivity index (χ4v) is 4.54. The van der Waals surface area contributed by atoms with Crippen LogP contribution in [0.5, 0.6) is 0 Å². The molecule has 3 aromatic rings. The monoisotopic (exact) mass is 454 g/mol. The molecule has 1 atom stereocenters. The highest BCUT2D eigenvalue weighted by Crippen LogP contribution is 2.39. The number of Topliss-reactive ketones (excluding diaryl/α,β-unsaturated/α-hetero) is 1. The average molecular weight is 454 g/mol. The van der Waals surface area contributed by atoms with E-state index in [1.54, 1.807) is 12.1 Å². The second-order valence-electron chi connectivity index (χ2n) is 7.60. The van der Waals surface area contributed by atoms with Crippen LogP contribution in [0.2, 0.25) is 0 Å². The molecule has 9 heteroatoms. The van der Waals surface area contributed by atoms with Gasteiger partial charge in [0, 0.05) is 22.5 Å². The molecule has 4 rings (SSSR count). The predicted molar refractivity (Wildman–Crippen MR) is 116 cm³/mol. The zero-order valence-electron chi connectivity index (χ0n) is 16.9. The lowest BCUT2D eigenvalue weighted by molar-refractivity contribution is -0.133. The lowest BCUT2D eigenvalue weighted by Gasteiger charge is -2.20. The third kappa shape index (κ3) is 4.00. The SMILES string of the molecule is Cc1ccc(S(=O)(=O)Nc2ccc(C(=O)CC3(O)C(=O)Nc4ccc(F)cc43)cc2)cc1. The van der Waals surface area contributed by atoms with Crippen molar-refractivity contribution in [1.82, 2.24) is 0 Å². The van der Waals surface area contributed by atoms with Gasteiger partial charge < -0.3 is 10.4 Å². The van der Waals surface area contributed by atoms with Crippen molar-refractivity contribution in [3.8, 4) is 0 Å². The van der Waals surface area contributed by atoms with Gasteiger partial charge in [0.25, 0.3) is 15.9 Å². The number of ketones is 1. The first-order valence-electron chi connectivity index (χ1n) is 9.65. The molecule has 3 aromatic carbocycles. The number of amides is 1. The number of hydrogen-bond donors (Lipinski definition) is 3. The summed E-state index contributed by atoms with van der Waals surface area (Å²) in [5.74, 6) is -2.02. The Bertz CT molecular complexity index is 1320. The first-order valence-corrected chi connectivity index (χ1v) is 11.1. The normalized spacial score (nSPS) is 17.5. The Labute approximate surface area is 184 Å². The summed E-state index contributed by atoms with van der Waals surface area (Å²) in [5, 5.41) is 13.3. The molecule has 0 saturated carbocycles. The molecule has 0 spiro atoms. The van der Waals surface area contributed by atoms with E-state index in [-0.39, 0.29) is 27.4 Å². The van der Waals surface area contributed by atoms with Gasteiger partial charge in [0.15, 0.2) is 11.4 Å². The summed E-state index contributed by atoms with van der Waals surface area (Å²) in [6.07, 6.45) is -0.594. The van der Waals surface area contributed by atoms with Crippen LogP contribution in [-0.4, -0.2) is 25.2 Å². The highest BCUT2D eigenvalue weighted by Gasteiger charge is 2.47. The first-order chi connectivity index (χ1) is 15.1. The number of nitrogens with one attached hydrogen (secondary N) is 2. The molecule has 1 aliphatic rings. The molecule has 0 aromatic heterocycles. The summed E-state index contributed by atoms with van der Waals surface area (Å²) in [5.41, 5.74) is -0.623. The van der Waals surface area contributed by atoms with E-state index in [1.165, 1.54) is 42.5 Å². The fraction of sp³-hybridized carbons (Fsp3) is 0.130. The van der Waals surface area contributed by atoms with Crippen molar-refractivity contribution >= 4 is 33.1 Å². The third-order valence-corrected chi connectivity index (χ3v) is 6.65. The molecule has 1 unspecified atom stereocenters. The summed E-state index contributed by atoms with van der Waals surface area (Å²) in [6.45, 7) is 1.85. The van der Waals surface area contributed by atoms with Crippen LogP contribution in [0.4, 0.5) is 15.8 Å². The van der Waals surface area contributed by atoms with Gasteiger partial charge in [-0.05, 0) is 61.5 Å². The largest absolute Gasteiger partial charge is 0.375 e. The molecular formula is C23H19FN2O5S. The second-order valence-corrected chi connectivity index (χ2v) is 9.28. The van der Waals surface area contributed by atoms with Gasteiger partial charge >= 0.3 is 0 Å². The molecule has 7 nitrogen and oxygen atoms in total. The summed E-state index contributed by atoms with van der Waals surface area (Å²) in [7, 11) is -3.80. The molecule has 164 valence electrons. The lowest BCUT2D eigenvalue weighted by Crippen LogP contribution is -2.36. The van der Waals surface area contributed by atoms with Gasteiger partial charge in [-0.2, -0.15) is 0 Å². The van der Waals surface area contributed by atoms with E-state index in [2.05, 4.69) is 10.0 Å². The van der Waals surface area contributed by atoms with Crippen molar-refractivity contribution in [1.29, 1.82) is 0 Å². The van der Waals surface area contributed by atoms with Crippen LogP contribution in [0.3, 0.4) is 0 Å². The molecule has 0 bridgehead atoms. The Hall–Kier alpha value is -3.56. The van der Waals surface area contributed by atoms with Gasteiger partial charge in [-0.15, -0.1) is 0 Å². The van der Waals surface area contributed by atoms with Crippen molar-refractivity contribution < 1.29 is 27.5 Å². The number of sulfonamides is 1. The molecule has 32 heavy (non-hydrogen) atoms. The molecule has 1 aliphatic heterocycles. The number of rotatable bonds is 6. The van der Waals surface area contributed by atoms with Crippen LogP contribution in [0, 0.1) is 12.7 Å². The maximum absolute atomic E-state index is 13.6. The number of halogens is 1. The highest BCUT2D eigenvalue weighted by molar-refractivity contribution is 7.92. The maximum atomic E-state index is 13.6. The smallest absolute Gasteiger partial charge is 0.261 e. The molecule has 0 aliphatic carbocycles. The van der Waals surface area contributed by atoms with Gasteiger partial charge in [0.05, 0.1) is 11.3 Å². The number of hydrogen-bond acceptors (Lipinski definition) is 5.